The number of thioether (sulfide) groups is 1. The average molecular weight is 349 g/mol. The lowest BCUT2D eigenvalue weighted by Gasteiger charge is -2.35. The highest BCUT2D eigenvalue weighted by molar-refractivity contribution is 7.99. The van der Waals surface area contributed by atoms with E-state index in [0.717, 1.165) is 24.3 Å². The minimum absolute atomic E-state index is 0.250. The van der Waals surface area contributed by atoms with Gasteiger partial charge in [-0.1, -0.05) is 23.2 Å². The number of urea groups is 1. The predicted octanol–water partition coefficient (Wildman–Crippen LogP) is 4.03. The first-order valence-electron chi connectivity index (χ1n) is 6.67. The first kappa shape index (κ1) is 16.7. The van der Waals surface area contributed by atoms with Crippen LogP contribution in [0.2, 0.25) is 10.0 Å². The van der Waals surface area contributed by atoms with Crippen LogP contribution in [0.5, 0.6) is 0 Å². The van der Waals surface area contributed by atoms with E-state index in [0.29, 0.717) is 22.3 Å². The molecule has 21 heavy (non-hydrogen) atoms. The Morgan fingerprint density at radius 2 is 2.05 bits per heavy atom. The Kier molecular flexibility index (Phi) is 6.05. The van der Waals surface area contributed by atoms with Crippen LogP contribution in [-0.2, 0) is 4.74 Å². The number of amides is 2. The van der Waals surface area contributed by atoms with E-state index in [-0.39, 0.29) is 11.6 Å². The molecule has 0 unspecified atom stereocenters. The molecule has 0 aromatic heterocycles. The SMILES string of the molecule is COC1(CNC(=O)Nc2ccc(Cl)c(Cl)c2)CCSCC1. The lowest BCUT2D eigenvalue weighted by Crippen LogP contribution is -2.47. The van der Waals surface area contributed by atoms with Gasteiger partial charge < -0.3 is 15.4 Å². The Balaban J connectivity index is 1.87. The van der Waals surface area contributed by atoms with Crippen LogP contribution < -0.4 is 10.6 Å². The highest BCUT2D eigenvalue weighted by Gasteiger charge is 2.32. The fraction of sp³-hybridized carbons (Fsp3) is 0.500. The van der Waals surface area contributed by atoms with Gasteiger partial charge in [-0.25, -0.2) is 4.79 Å². The van der Waals surface area contributed by atoms with Gasteiger partial charge in [0, 0.05) is 19.3 Å². The van der Waals surface area contributed by atoms with Crippen molar-refractivity contribution in [1.82, 2.24) is 5.32 Å². The predicted molar refractivity (Wildman–Crippen MR) is 89.8 cm³/mol. The van der Waals surface area contributed by atoms with E-state index < -0.39 is 0 Å². The maximum absolute atomic E-state index is 12.0. The van der Waals surface area contributed by atoms with Gasteiger partial charge in [0.15, 0.2) is 0 Å². The van der Waals surface area contributed by atoms with E-state index in [1.54, 1.807) is 25.3 Å². The maximum atomic E-state index is 12.0. The second-order valence-corrected chi connectivity index (χ2v) is 6.98. The van der Waals surface area contributed by atoms with Crippen molar-refractivity contribution in [3.63, 3.8) is 0 Å². The molecular formula is C14H18Cl2N2O2S. The number of anilines is 1. The van der Waals surface area contributed by atoms with Crippen LogP contribution in [0.4, 0.5) is 10.5 Å². The third kappa shape index (κ3) is 4.68. The zero-order valence-corrected chi connectivity index (χ0v) is 14.1. The molecule has 4 nitrogen and oxygen atoms in total. The molecule has 1 aliphatic heterocycles. The van der Waals surface area contributed by atoms with E-state index in [1.807, 2.05) is 11.8 Å². The summed E-state index contributed by atoms with van der Waals surface area (Å²) < 4.78 is 5.62. The number of benzene rings is 1. The first-order valence-corrected chi connectivity index (χ1v) is 8.58. The third-order valence-electron chi connectivity index (χ3n) is 3.59. The molecule has 7 heteroatoms. The smallest absolute Gasteiger partial charge is 0.319 e. The number of methoxy groups -OCH3 is 1. The summed E-state index contributed by atoms with van der Waals surface area (Å²) in [6.45, 7) is 0.497. The van der Waals surface area contributed by atoms with Gasteiger partial charge in [-0.3, -0.25) is 0 Å². The summed E-state index contributed by atoms with van der Waals surface area (Å²) in [5.41, 5.74) is 0.354. The number of carbonyl (C=O) groups excluding carboxylic acids is 1. The van der Waals surface area contributed by atoms with Gasteiger partial charge in [-0.15, -0.1) is 0 Å². The molecule has 2 rings (SSSR count). The van der Waals surface area contributed by atoms with E-state index in [2.05, 4.69) is 10.6 Å². The molecule has 0 bridgehead atoms. The zero-order chi connectivity index (χ0) is 15.3. The van der Waals surface area contributed by atoms with Crippen LogP contribution in [-0.4, -0.2) is 36.8 Å². The highest BCUT2D eigenvalue weighted by atomic mass is 35.5. The summed E-state index contributed by atoms with van der Waals surface area (Å²) in [4.78, 5) is 12.0. The van der Waals surface area contributed by atoms with Crippen molar-refractivity contribution in [1.29, 1.82) is 0 Å². The molecule has 2 amide bonds. The Hall–Kier alpha value is -0.620. The molecule has 0 aliphatic carbocycles. The number of carbonyl (C=O) groups is 1. The fourth-order valence-electron chi connectivity index (χ4n) is 2.19. The van der Waals surface area contributed by atoms with Crippen molar-refractivity contribution in [3.8, 4) is 0 Å². The minimum atomic E-state index is -0.275. The van der Waals surface area contributed by atoms with Crippen molar-refractivity contribution in [2.45, 2.75) is 18.4 Å². The first-order chi connectivity index (χ1) is 10.0. The fourth-order valence-corrected chi connectivity index (χ4v) is 3.72. The Morgan fingerprint density at radius 1 is 1.33 bits per heavy atom. The van der Waals surface area contributed by atoms with Crippen molar-refractivity contribution in [3.05, 3.63) is 28.2 Å². The molecule has 1 aromatic carbocycles. The van der Waals surface area contributed by atoms with Gasteiger partial charge in [-0.2, -0.15) is 11.8 Å². The molecule has 1 aliphatic rings. The largest absolute Gasteiger partial charge is 0.376 e. The minimum Gasteiger partial charge on any atom is -0.376 e. The number of hydrogen-bond acceptors (Lipinski definition) is 3. The molecule has 1 saturated heterocycles. The highest BCUT2D eigenvalue weighted by Crippen LogP contribution is 2.29. The number of rotatable bonds is 4. The van der Waals surface area contributed by atoms with Crippen molar-refractivity contribution >= 4 is 46.7 Å². The second kappa shape index (κ2) is 7.58. The van der Waals surface area contributed by atoms with Crippen LogP contribution in [0.15, 0.2) is 18.2 Å². The molecule has 1 fully saturated rings. The molecule has 0 radical (unpaired) electrons. The van der Waals surface area contributed by atoms with Gasteiger partial charge in [-0.05, 0) is 42.5 Å². The van der Waals surface area contributed by atoms with E-state index >= 15 is 0 Å². The standard InChI is InChI=1S/C14H18Cl2N2O2S/c1-20-14(4-6-21-7-5-14)9-17-13(19)18-10-2-3-11(15)12(16)8-10/h2-3,8H,4-7,9H2,1H3,(H2,17,18,19). The van der Waals surface area contributed by atoms with Gasteiger partial charge in [0.05, 0.1) is 15.6 Å². The van der Waals surface area contributed by atoms with Gasteiger partial charge >= 0.3 is 6.03 Å². The van der Waals surface area contributed by atoms with Gasteiger partial charge in [0.2, 0.25) is 0 Å². The summed E-state index contributed by atoms with van der Waals surface area (Å²) in [5.74, 6) is 2.12. The number of nitrogens with one attached hydrogen (secondary N) is 2. The maximum Gasteiger partial charge on any atom is 0.319 e. The van der Waals surface area contributed by atoms with Crippen LogP contribution in [0, 0.1) is 0 Å². The number of ether oxygens (including phenoxy) is 1. The van der Waals surface area contributed by atoms with Gasteiger partial charge in [0.1, 0.15) is 0 Å². The average Bonchev–Trinajstić information content (AvgIpc) is 2.50. The Labute approximate surface area is 138 Å². The molecule has 0 atom stereocenters. The summed E-state index contributed by atoms with van der Waals surface area (Å²) in [7, 11) is 1.70. The van der Waals surface area contributed by atoms with Crippen molar-refractivity contribution < 1.29 is 9.53 Å². The van der Waals surface area contributed by atoms with E-state index in [4.69, 9.17) is 27.9 Å². The zero-order valence-electron chi connectivity index (χ0n) is 11.7. The molecule has 1 aromatic rings. The van der Waals surface area contributed by atoms with Crippen LogP contribution in [0.3, 0.4) is 0 Å². The van der Waals surface area contributed by atoms with Gasteiger partial charge in [0.25, 0.3) is 0 Å². The molecule has 2 N–H and O–H groups in total. The lowest BCUT2D eigenvalue weighted by atomic mass is 9.96. The van der Waals surface area contributed by atoms with Crippen molar-refractivity contribution in [2.75, 3.05) is 30.5 Å². The van der Waals surface area contributed by atoms with Crippen molar-refractivity contribution in [2.24, 2.45) is 0 Å². The normalized spacial score (nSPS) is 17.3. The Bertz CT molecular complexity index is 508. The monoisotopic (exact) mass is 348 g/mol. The quantitative estimate of drug-likeness (QED) is 0.863. The van der Waals surface area contributed by atoms with Crippen LogP contribution >= 0.6 is 35.0 Å². The number of hydrogen-bond donors (Lipinski definition) is 2. The van der Waals surface area contributed by atoms with Crippen LogP contribution in [0.25, 0.3) is 0 Å². The van der Waals surface area contributed by atoms with Crippen LogP contribution in [0.1, 0.15) is 12.8 Å². The molecule has 116 valence electrons. The summed E-state index contributed by atoms with van der Waals surface area (Å²) in [6, 6.07) is 4.70. The van der Waals surface area contributed by atoms with E-state index in [1.165, 1.54) is 0 Å². The molecular weight excluding hydrogens is 331 g/mol. The summed E-state index contributed by atoms with van der Waals surface area (Å²) >= 11 is 13.7. The lowest BCUT2D eigenvalue weighted by molar-refractivity contribution is -0.0134. The third-order valence-corrected chi connectivity index (χ3v) is 5.31. The molecule has 1 heterocycles. The topological polar surface area (TPSA) is 50.4 Å². The summed E-state index contributed by atoms with van der Waals surface area (Å²) in [6.07, 6.45) is 1.89. The van der Waals surface area contributed by atoms with E-state index in [9.17, 15) is 4.79 Å². The Morgan fingerprint density at radius 3 is 2.67 bits per heavy atom. The molecule has 0 saturated carbocycles. The summed E-state index contributed by atoms with van der Waals surface area (Å²) in [5, 5.41) is 6.47. The number of halogens is 2. The second-order valence-electron chi connectivity index (χ2n) is 4.94. The molecule has 0 spiro atoms.